The topological polar surface area (TPSA) is 23.6 Å². The van der Waals surface area contributed by atoms with Crippen molar-refractivity contribution in [3.8, 4) is 0 Å². The smallest absolute Gasteiger partial charge is 0.244 e. The van der Waals surface area contributed by atoms with Crippen molar-refractivity contribution in [2.24, 2.45) is 0 Å². The molecule has 1 aromatic carbocycles. The summed E-state index contributed by atoms with van der Waals surface area (Å²) in [7, 11) is 6.14. The summed E-state index contributed by atoms with van der Waals surface area (Å²) in [5, 5.41) is 0. The molecule has 1 atom stereocenters. The number of carbonyl (C=O) groups is 1. The first-order valence-electron chi connectivity index (χ1n) is 5.98. The first-order chi connectivity index (χ1) is 8.61. The van der Waals surface area contributed by atoms with Crippen LogP contribution in [-0.2, 0) is 11.2 Å². The summed E-state index contributed by atoms with van der Waals surface area (Å²) in [4.78, 5) is 16.0. The van der Waals surface area contributed by atoms with Crippen LogP contribution in [0.25, 0.3) is 0 Å². The number of fused-ring (bicyclic) bond motifs is 1. The molecule has 18 heavy (non-hydrogen) atoms. The van der Waals surface area contributed by atoms with Crippen molar-refractivity contribution in [3.63, 3.8) is 0 Å². The lowest BCUT2D eigenvalue weighted by Crippen LogP contribution is -2.41. The lowest BCUT2D eigenvalue weighted by Gasteiger charge is -2.34. The van der Waals surface area contributed by atoms with E-state index in [9.17, 15) is 9.18 Å². The van der Waals surface area contributed by atoms with Crippen LogP contribution in [0, 0.1) is 0 Å². The third kappa shape index (κ3) is 2.88. The number of carbonyl (C=O) groups excluding carboxylic acids is 1. The van der Waals surface area contributed by atoms with E-state index in [0.29, 0.717) is 7.18 Å². The average Bonchev–Trinajstić information content (AvgIpc) is 2.40. The van der Waals surface area contributed by atoms with Crippen molar-refractivity contribution in [3.05, 3.63) is 35.4 Å². The molecule has 0 N–H and O–H groups in total. The Morgan fingerprint density at radius 2 is 1.94 bits per heavy atom. The number of hydrogen-bond acceptors (Lipinski definition) is 2. The van der Waals surface area contributed by atoms with Gasteiger partial charge in [-0.1, -0.05) is 24.3 Å². The summed E-state index contributed by atoms with van der Waals surface area (Å²) in [6.45, 7) is 0.946. The van der Waals surface area contributed by atoms with E-state index in [0.717, 1.165) is 18.5 Å². The minimum Gasteiger partial charge on any atom is -0.347 e. The van der Waals surface area contributed by atoms with Crippen molar-refractivity contribution in [1.29, 1.82) is 0 Å². The highest BCUT2D eigenvalue weighted by atomic mass is 19.1. The predicted molar refractivity (Wildman–Crippen MR) is 71.2 cm³/mol. The Balaban J connectivity index is 0.000000771. The van der Waals surface area contributed by atoms with Crippen molar-refractivity contribution in [2.75, 3.05) is 34.9 Å². The Bertz CT molecular complexity index is 407. The molecule has 0 fully saturated rings. The van der Waals surface area contributed by atoms with Gasteiger partial charge in [-0.25, -0.2) is 0 Å². The maximum absolute atomic E-state index is 12.2. The molecule has 0 spiro atoms. The number of hydrogen-bond donors (Lipinski definition) is 0. The Morgan fingerprint density at radius 3 is 2.56 bits per heavy atom. The van der Waals surface area contributed by atoms with Crippen LogP contribution in [0.2, 0.25) is 0 Å². The first kappa shape index (κ1) is 14.6. The molecule has 1 aromatic rings. The summed E-state index contributed by atoms with van der Waals surface area (Å²) < 4.78 is 9.50. The summed E-state index contributed by atoms with van der Waals surface area (Å²) in [6, 6.07) is 8.13. The molecule has 0 aliphatic carbocycles. The number of amides is 1. The van der Waals surface area contributed by atoms with Gasteiger partial charge in [-0.2, -0.15) is 0 Å². The van der Waals surface area contributed by atoms with Crippen LogP contribution in [0.5, 0.6) is 0 Å². The number of likely N-dealkylation sites (N-methyl/N-ethyl adjacent to an activating group) is 2. The fraction of sp³-hybridized carbons (Fsp3) is 0.500. The molecule has 1 aliphatic rings. The quantitative estimate of drug-likeness (QED) is 0.762. The zero-order valence-corrected chi connectivity index (χ0v) is 11.5. The molecule has 1 unspecified atom stereocenters. The van der Waals surface area contributed by atoms with E-state index in [1.807, 2.05) is 33.3 Å². The normalized spacial score (nSPS) is 18.4. The van der Waals surface area contributed by atoms with Gasteiger partial charge in [0.05, 0.1) is 7.18 Å². The lowest BCUT2D eigenvalue weighted by atomic mass is 9.92. The minimum absolute atomic E-state index is 0.111. The van der Waals surface area contributed by atoms with Gasteiger partial charge in [0.2, 0.25) is 5.91 Å². The lowest BCUT2D eigenvalue weighted by molar-refractivity contribution is -0.134. The molecule has 4 heteroatoms. The predicted octanol–water partition coefficient (Wildman–Crippen LogP) is 1.89. The standard InChI is InChI=1S/C13H18N2O.CH3F/c1-14(2)13(16)12-11-7-5-4-6-10(11)8-9-15(12)3;1-2/h4-7,12H,8-9H2,1-3H3;1H3. The van der Waals surface area contributed by atoms with Crippen molar-refractivity contribution in [1.82, 2.24) is 9.80 Å². The molecule has 1 heterocycles. The van der Waals surface area contributed by atoms with Crippen LogP contribution in [0.1, 0.15) is 17.2 Å². The molecule has 0 bridgehead atoms. The molecule has 1 aliphatic heterocycles. The van der Waals surface area contributed by atoms with E-state index in [2.05, 4.69) is 17.0 Å². The monoisotopic (exact) mass is 252 g/mol. The van der Waals surface area contributed by atoms with Crippen molar-refractivity contribution in [2.45, 2.75) is 12.5 Å². The highest BCUT2D eigenvalue weighted by Crippen LogP contribution is 2.29. The second-order valence-electron chi connectivity index (χ2n) is 4.56. The fourth-order valence-corrected chi connectivity index (χ4v) is 2.26. The van der Waals surface area contributed by atoms with Gasteiger partial charge >= 0.3 is 0 Å². The molecule has 0 saturated heterocycles. The van der Waals surface area contributed by atoms with E-state index < -0.39 is 0 Å². The summed E-state index contributed by atoms with van der Waals surface area (Å²) >= 11 is 0. The molecular weight excluding hydrogens is 231 g/mol. The Labute approximate surface area is 108 Å². The van der Waals surface area contributed by atoms with Crippen LogP contribution in [0.4, 0.5) is 4.39 Å². The van der Waals surface area contributed by atoms with Gasteiger partial charge in [0.15, 0.2) is 0 Å². The number of halogens is 1. The average molecular weight is 252 g/mol. The van der Waals surface area contributed by atoms with Gasteiger partial charge in [0, 0.05) is 20.6 Å². The van der Waals surface area contributed by atoms with Crippen molar-refractivity contribution < 1.29 is 9.18 Å². The number of nitrogens with zero attached hydrogens (tertiary/aromatic N) is 2. The van der Waals surface area contributed by atoms with Gasteiger partial charge in [0.1, 0.15) is 6.04 Å². The summed E-state index contributed by atoms with van der Waals surface area (Å²) in [6.07, 6.45) is 1.03. The Kier molecular flexibility index (Phi) is 5.28. The van der Waals surface area contributed by atoms with Gasteiger partial charge in [-0.3, -0.25) is 14.1 Å². The molecule has 1 amide bonds. The highest BCUT2D eigenvalue weighted by Gasteiger charge is 2.31. The van der Waals surface area contributed by atoms with Gasteiger partial charge < -0.3 is 4.90 Å². The minimum atomic E-state index is -0.111. The number of rotatable bonds is 1. The fourth-order valence-electron chi connectivity index (χ4n) is 2.26. The molecule has 2 rings (SSSR count). The summed E-state index contributed by atoms with van der Waals surface area (Å²) in [5.74, 6) is 0.162. The number of alkyl halides is 1. The van der Waals surface area contributed by atoms with E-state index in [4.69, 9.17) is 0 Å². The van der Waals surface area contributed by atoms with Crippen LogP contribution < -0.4 is 0 Å². The number of benzene rings is 1. The van der Waals surface area contributed by atoms with E-state index in [-0.39, 0.29) is 11.9 Å². The largest absolute Gasteiger partial charge is 0.347 e. The van der Waals surface area contributed by atoms with Gasteiger partial charge in [-0.05, 0) is 24.6 Å². The molecule has 0 saturated carbocycles. The first-order valence-corrected chi connectivity index (χ1v) is 5.98. The summed E-state index contributed by atoms with van der Waals surface area (Å²) in [5.41, 5.74) is 2.47. The van der Waals surface area contributed by atoms with Crippen LogP contribution in [-0.4, -0.2) is 50.6 Å². The molecule has 3 nitrogen and oxygen atoms in total. The second kappa shape index (κ2) is 6.50. The molecular formula is C14H21FN2O. The molecule has 0 radical (unpaired) electrons. The van der Waals surface area contributed by atoms with Gasteiger partial charge in [0.25, 0.3) is 0 Å². The SMILES string of the molecule is CF.CN(C)C(=O)C1c2ccccc2CCN1C. The van der Waals surface area contributed by atoms with Gasteiger partial charge in [-0.15, -0.1) is 0 Å². The van der Waals surface area contributed by atoms with E-state index in [1.165, 1.54) is 5.56 Å². The highest BCUT2D eigenvalue weighted by molar-refractivity contribution is 5.83. The zero-order valence-electron chi connectivity index (χ0n) is 11.5. The maximum Gasteiger partial charge on any atom is 0.244 e. The third-order valence-corrected chi connectivity index (χ3v) is 3.20. The van der Waals surface area contributed by atoms with Crippen LogP contribution in [0.15, 0.2) is 24.3 Å². The van der Waals surface area contributed by atoms with E-state index in [1.54, 1.807) is 4.90 Å². The maximum atomic E-state index is 12.2. The van der Waals surface area contributed by atoms with E-state index >= 15 is 0 Å². The Morgan fingerprint density at radius 1 is 1.33 bits per heavy atom. The Hall–Kier alpha value is -1.42. The van der Waals surface area contributed by atoms with Crippen LogP contribution >= 0.6 is 0 Å². The second-order valence-corrected chi connectivity index (χ2v) is 4.56. The van der Waals surface area contributed by atoms with Crippen LogP contribution in [0.3, 0.4) is 0 Å². The molecule has 100 valence electrons. The third-order valence-electron chi connectivity index (χ3n) is 3.20. The zero-order chi connectivity index (χ0) is 13.7. The van der Waals surface area contributed by atoms with Crippen molar-refractivity contribution >= 4 is 5.91 Å². The molecule has 0 aromatic heterocycles.